The van der Waals surface area contributed by atoms with Crippen LogP contribution in [-0.4, -0.2) is 70.6 Å². The fourth-order valence-electron chi connectivity index (χ4n) is 4.30. The maximum atomic E-state index is 5.02. The van der Waals surface area contributed by atoms with E-state index in [1.807, 2.05) is 12.5 Å². The van der Waals surface area contributed by atoms with Crippen molar-refractivity contribution in [2.45, 2.75) is 58.0 Å². The van der Waals surface area contributed by atoms with E-state index in [4.69, 9.17) is 4.99 Å². The van der Waals surface area contributed by atoms with Crippen LogP contribution in [0.4, 0.5) is 0 Å². The molecule has 0 amide bonds. The van der Waals surface area contributed by atoms with Crippen molar-refractivity contribution in [1.29, 1.82) is 0 Å². The molecule has 27 heavy (non-hydrogen) atoms. The first-order chi connectivity index (χ1) is 13.2. The third-order valence-corrected chi connectivity index (χ3v) is 6.36. The van der Waals surface area contributed by atoms with Gasteiger partial charge in [0.25, 0.3) is 0 Å². The van der Waals surface area contributed by atoms with Gasteiger partial charge in [0, 0.05) is 51.2 Å². The van der Waals surface area contributed by atoms with Gasteiger partial charge in [-0.2, -0.15) is 0 Å². The van der Waals surface area contributed by atoms with E-state index in [1.54, 1.807) is 0 Å². The van der Waals surface area contributed by atoms with Crippen LogP contribution >= 0.6 is 0 Å². The van der Waals surface area contributed by atoms with Crippen LogP contribution in [-0.2, 0) is 0 Å². The minimum Gasteiger partial charge on any atom is -0.357 e. The molecule has 4 rings (SSSR count). The molecule has 6 nitrogen and oxygen atoms in total. The zero-order valence-electron chi connectivity index (χ0n) is 17.1. The lowest BCUT2D eigenvalue weighted by Crippen LogP contribution is -2.49. The van der Waals surface area contributed by atoms with E-state index in [9.17, 15) is 0 Å². The van der Waals surface area contributed by atoms with Gasteiger partial charge >= 0.3 is 0 Å². The highest BCUT2D eigenvalue weighted by Gasteiger charge is 2.33. The van der Waals surface area contributed by atoms with E-state index >= 15 is 0 Å². The normalized spacial score (nSPS) is 26.6. The van der Waals surface area contributed by atoms with Gasteiger partial charge in [0.05, 0.1) is 18.9 Å². The Balaban J connectivity index is 1.36. The van der Waals surface area contributed by atoms with Crippen molar-refractivity contribution in [1.82, 2.24) is 24.7 Å². The minimum atomic E-state index is 0.475. The second kappa shape index (κ2) is 8.63. The fourth-order valence-corrected chi connectivity index (χ4v) is 4.30. The molecule has 0 bridgehead atoms. The van der Waals surface area contributed by atoms with E-state index in [0.717, 1.165) is 50.6 Å². The molecule has 150 valence electrons. The average Bonchev–Trinajstić information content (AvgIpc) is 3.60. The molecule has 2 atom stereocenters. The monoisotopic (exact) mass is 372 g/mol. The summed E-state index contributed by atoms with van der Waals surface area (Å²) in [6.07, 6.45) is 12.8. The van der Waals surface area contributed by atoms with E-state index in [2.05, 4.69) is 44.7 Å². The Labute approximate surface area is 164 Å². The summed E-state index contributed by atoms with van der Waals surface area (Å²) >= 11 is 0. The van der Waals surface area contributed by atoms with E-state index in [-0.39, 0.29) is 0 Å². The molecule has 2 saturated carbocycles. The first kappa shape index (κ1) is 18.8. The predicted molar refractivity (Wildman–Crippen MR) is 110 cm³/mol. The number of hydrogen-bond acceptors (Lipinski definition) is 3. The lowest BCUT2D eigenvalue weighted by Gasteiger charge is -2.39. The molecular weight excluding hydrogens is 336 g/mol. The molecule has 2 aliphatic carbocycles. The molecule has 1 aromatic rings. The fraction of sp³-hybridized carbons (Fsp3) is 0.810. The lowest BCUT2D eigenvalue weighted by molar-refractivity contribution is 0.188. The molecule has 3 fully saturated rings. The summed E-state index contributed by atoms with van der Waals surface area (Å²) in [5.41, 5.74) is 0. The van der Waals surface area contributed by atoms with Gasteiger partial charge in [-0.1, -0.05) is 6.92 Å². The molecule has 0 aromatic carbocycles. The van der Waals surface area contributed by atoms with Gasteiger partial charge in [-0.15, -0.1) is 0 Å². The highest BCUT2D eigenvalue weighted by molar-refractivity contribution is 5.80. The van der Waals surface area contributed by atoms with Crippen LogP contribution in [0.2, 0.25) is 0 Å². The molecule has 0 spiro atoms. The summed E-state index contributed by atoms with van der Waals surface area (Å²) in [4.78, 5) is 14.4. The zero-order valence-corrected chi connectivity index (χ0v) is 17.1. The standard InChI is InChI=1S/C21H36N6/c1-3-23-21(24-10-13-25(19-6-7-19)14-18-4-5-18)26-11-8-17(2)20(15-26)27-12-9-22-16-27/h9,12,16-20H,3-8,10-11,13-15H2,1-2H3,(H,23,24). The second-order valence-electron chi connectivity index (χ2n) is 8.69. The molecule has 1 aromatic heterocycles. The highest BCUT2D eigenvalue weighted by atomic mass is 15.3. The van der Waals surface area contributed by atoms with Gasteiger partial charge in [-0.05, 0) is 50.9 Å². The topological polar surface area (TPSA) is 48.7 Å². The number of hydrogen-bond donors (Lipinski definition) is 1. The van der Waals surface area contributed by atoms with Crippen molar-refractivity contribution in [3.05, 3.63) is 18.7 Å². The number of piperidine rings is 1. The molecule has 0 radical (unpaired) electrons. The first-order valence-electron chi connectivity index (χ1n) is 11.0. The summed E-state index contributed by atoms with van der Waals surface area (Å²) in [7, 11) is 0. The molecule has 6 heteroatoms. The van der Waals surface area contributed by atoms with Crippen molar-refractivity contribution in [2.75, 3.05) is 39.3 Å². The van der Waals surface area contributed by atoms with Crippen LogP contribution in [0.15, 0.2) is 23.7 Å². The van der Waals surface area contributed by atoms with Gasteiger partial charge in [-0.25, -0.2) is 4.98 Å². The summed E-state index contributed by atoms with van der Waals surface area (Å²) in [5.74, 6) is 2.74. The summed E-state index contributed by atoms with van der Waals surface area (Å²) in [6.45, 7) is 10.9. The first-order valence-corrected chi connectivity index (χ1v) is 11.0. The van der Waals surface area contributed by atoms with Crippen molar-refractivity contribution in [3.8, 4) is 0 Å². The van der Waals surface area contributed by atoms with Crippen LogP contribution in [0.25, 0.3) is 0 Å². The zero-order chi connectivity index (χ0) is 18.6. The largest absolute Gasteiger partial charge is 0.357 e. The number of aromatic nitrogens is 2. The summed E-state index contributed by atoms with van der Waals surface area (Å²) < 4.78 is 2.27. The highest BCUT2D eigenvalue weighted by Crippen LogP contribution is 2.34. The number of guanidine groups is 1. The van der Waals surface area contributed by atoms with Gasteiger partial charge in [0.15, 0.2) is 5.96 Å². The minimum absolute atomic E-state index is 0.475. The average molecular weight is 373 g/mol. The molecule has 2 unspecified atom stereocenters. The van der Waals surface area contributed by atoms with E-state index < -0.39 is 0 Å². The molecular formula is C21H36N6. The number of likely N-dealkylation sites (tertiary alicyclic amines) is 1. The van der Waals surface area contributed by atoms with Gasteiger partial charge in [-0.3, -0.25) is 9.89 Å². The van der Waals surface area contributed by atoms with Crippen LogP contribution in [0.5, 0.6) is 0 Å². The van der Waals surface area contributed by atoms with E-state index in [1.165, 1.54) is 38.6 Å². The maximum absolute atomic E-state index is 5.02. The number of nitrogens with one attached hydrogen (secondary N) is 1. The molecule has 1 aliphatic heterocycles. The Morgan fingerprint density at radius 2 is 2.11 bits per heavy atom. The van der Waals surface area contributed by atoms with Gasteiger partial charge < -0.3 is 14.8 Å². The Bertz CT molecular complexity index is 604. The summed E-state index contributed by atoms with van der Waals surface area (Å²) in [5, 5.41) is 3.54. The number of nitrogens with zero attached hydrogens (tertiary/aromatic N) is 5. The second-order valence-corrected chi connectivity index (χ2v) is 8.69. The van der Waals surface area contributed by atoms with Crippen molar-refractivity contribution >= 4 is 5.96 Å². The van der Waals surface area contributed by atoms with E-state index in [0.29, 0.717) is 12.0 Å². The van der Waals surface area contributed by atoms with Crippen LogP contribution in [0.3, 0.4) is 0 Å². The molecule has 3 aliphatic rings. The molecule has 2 heterocycles. The summed E-state index contributed by atoms with van der Waals surface area (Å²) in [6, 6.07) is 1.33. The Hall–Kier alpha value is -1.56. The Morgan fingerprint density at radius 3 is 2.78 bits per heavy atom. The van der Waals surface area contributed by atoms with Crippen LogP contribution < -0.4 is 5.32 Å². The number of imidazole rings is 1. The maximum Gasteiger partial charge on any atom is 0.194 e. The van der Waals surface area contributed by atoms with Crippen molar-refractivity contribution in [2.24, 2.45) is 16.8 Å². The third-order valence-electron chi connectivity index (χ3n) is 6.36. The van der Waals surface area contributed by atoms with Gasteiger partial charge in [0.2, 0.25) is 0 Å². The SMILES string of the molecule is CCNC(=NCCN(CC1CC1)C1CC1)N1CCC(C)C(n2ccnc2)C1. The molecule has 1 N–H and O–H groups in total. The van der Waals surface area contributed by atoms with Gasteiger partial charge in [0.1, 0.15) is 0 Å². The van der Waals surface area contributed by atoms with Crippen LogP contribution in [0, 0.1) is 11.8 Å². The smallest absolute Gasteiger partial charge is 0.194 e. The third kappa shape index (κ3) is 5.03. The van der Waals surface area contributed by atoms with Crippen LogP contribution in [0.1, 0.15) is 52.0 Å². The van der Waals surface area contributed by atoms with Crippen molar-refractivity contribution in [3.63, 3.8) is 0 Å². The number of aliphatic imine (C=N–C) groups is 1. The Kier molecular flexibility index (Phi) is 6.01. The van der Waals surface area contributed by atoms with Crippen molar-refractivity contribution < 1.29 is 0 Å². The predicted octanol–water partition coefficient (Wildman–Crippen LogP) is 2.61. The molecule has 1 saturated heterocycles. The number of rotatable bonds is 8. The Morgan fingerprint density at radius 1 is 1.26 bits per heavy atom. The quantitative estimate of drug-likeness (QED) is 0.563. The lowest BCUT2D eigenvalue weighted by atomic mass is 9.93.